The van der Waals surface area contributed by atoms with Crippen molar-refractivity contribution in [2.45, 2.75) is 18.8 Å². The number of nitrogens with zero attached hydrogens (tertiary/aromatic N) is 1. The molecule has 0 saturated heterocycles. The van der Waals surface area contributed by atoms with E-state index in [-0.39, 0.29) is 18.2 Å². The Balaban J connectivity index is 1.67. The van der Waals surface area contributed by atoms with E-state index in [0.717, 1.165) is 5.69 Å². The van der Waals surface area contributed by atoms with Crippen LogP contribution in [-0.2, 0) is 16.0 Å². The molecule has 0 unspecified atom stereocenters. The molecule has 0 radical (unpaired) electrons. The molecule has 1 aromatic heterocycles. The molecular formula is C17H16FN3O2. The lowest BCUT2D eigenvalue weighted by atomic mass is 9.89. The van der Waals surface area contributed by atoms with Gasteiger partial charge in [0, 0.05) is 37.0 Å². The lowest BCUT2D eigenvalue weighted by Gasteiger charge is -2.24. The van der Waals surface area contributed by atoms with Crippen LogP contribution in [0.1, 0.15) is 23.6 Å². The summed E-state index contributed by atoms with van der Waals surface area (Å²) < 4.78 is 13.3. The summed E-state index contributed by atoms with van der Waals surface area (Å²) in [5.41, 5.74) is 1.89. The molecule has 2 heterocycles. The Bertz CT molecular complexity index is 734. The molecule has 0 spiro atoms. The van der Waals surface area contributed by atoms with E-state index in [4.69, 9.17) is 0 Å². The number of rotatable bonds is 4. The zero-order valence-electron chi connectivity index (χ0n) is 12.4. The van der Waals surface area contributed by atoms with E-state index in [9.17, 15) is 14.0 Å². The number of pyridine rings is 1. The van der Waals surface area contributed by atoms with Crippen molar-refractivity contribution in [3.8, 4) is 0 Å². The Morgan fingerprint density at radius 1 is 1.35 bits per heavy atom. The lowest BCUT2D eigenvalue weighted by Crippen LogP contribution is -2.36. The van der Waals surface area contributed by atoms with Crippen molar-refractivity contribution < 1.29 is 14.0 Å². The summed E-state index contributed by atoms with van der Waals surface area (Å²) in [7, 11) is 0. The van der Waals surface area contributed by atoms with E-state index in [0.29, 0.717) is 24.2 Å². The molecule has 0 bridgehead atoms. The summed E-state index contributed by atoms with van der Waals surface area (Å²) in [6, 6.07) is 9.69. The molecule has 5 nitrogen and oxygen atoms in total. The van der Waals surface area contributed by atoms with Gasteiger partial charge in [-0.25, -0.2) is 4.39 Å². The number of nitrogens with one attached hydrogen (secondary N) is 2. The minimum atomic E-state index is -0.594. The van der Waals surface area contributed by atoms with Crippen molar-refractivity contribution in [2.24, 2.45) is 0 Å². The Hall–Kier alpha value is -2.76. The zero-order valence-corrected chi connectivity index (χ0v) is 12.4. The molecule has 118 valence electrons. The number of carbonyl (C=O) groups is 2. The molecule has 0 fully saturated rings. The van der Waals surface area contributed by atoms with E-state index in [1.807, 2.05) is 18.2 Å². The van der Waals surface area contributed by atoms with Crippen LogP contribution >= 0.6 is 0 Å². The van der Waals surface area contributed by atoms with E-state index in [1.54, 1.807) is 12.3 Å². The minimum absolute atomic E-state index is 0.0635. The number of aromatic nitrogens is 1. The lowest BCUT2D eigenvalue weighted by molar-refractivity contribution is -0.126. The van der Waals surface area contributed by atoms with Crippen LogP contribution in [0.2, 0.25) is 0 Å². The average molecular weight is 313 g/mol. The number of benzene rings is 1. The molecule has 0 aliphatic carbocycles. The quantitative estimate of drug-likeness (QED) is 0.907. The second-order valence-corrected chi connectivity index (χ2v) is 5.40. The van der Waals surface area contributed by atoms with E-state index in [2.05, 4.69) is 15.6 Å². The van der Waals surface area contributed by atoms with Crippen molar-refractivity contribution in [1.82, 2.24) is 10.3 Å². The van der Waals surface area contributed by atoms with Crippen LogP contribution in [0.25, 0.3) is 0 Å². The highest BCUT2D eigenvalue weighted by atomic mass is 19.1. The van der Waals surface area contributed by atoms with Gasteiger partial charge >= 0.3 is 0 Å². The predicted molar refractivity (Wildman–Crippen MR) is 83.3 cm³/mol. The molecule has 0 saturated carbocycles. The molecule has 1 aliphatic rings. The van der Waals surface area contributed by atoms with Crippen molar-refractivity contribution in [2.75, 3.05) is 11.9 Å². The summed E-state index contributed by atoms with van der Waals surface area (Å²) in [6.45, 7) is 0.435. The molecule has 2 aromatic rings. The maximum Gasteiger partial charge on any atom is 0.228 e. The maximum atomic E-state index is 13.3. The van der Waals surface area contributed by atoms with Gasteiger partial charge in [0.2, 0.25) is 11.8 Å². The molecule has 2 amide bonds. The topological polar surface area (TPSA) is 71.1 Å². The van der Waals surface area contributed by atoms with Gasteiger partial charge < -0.3 is 10.6 Å². The molecule has 1 aromatic carbocycles. The second-order valence-electron chi connectivity index (χ2n) is 5.40. The second kappa shape index (κ2) is 6.56. The highest BCUT2D eigenvalue weighted by Gasteiger charge is 2.30. The van der Waals surface area contributed by atoms with Crippen LogP contribution in [0, 0.1) is 5.82 Å². The third kappa shape index (κ3) is 3.53. The molecule has 3 rings (SSSR count). The Labute approximate surface area is 132 Å². The zero-order chi connectivity index (χ0) is 16.2. The van der Waals surface area contributed by atoms with Gasteiger partial charge in [-0.1, -0.05) is 12.1 Å². The number of hydrogen-bond acceptors (Lipinski definition) is 3. The smallest absolute Gasteiger partial charge is 0.228 e. The first-order valence-electron chi connectivity index (χ1n) is 7.40. The first-order valence-corrected chi connectivity index (χ1v) is 7.40. The number of halogens is 1. The summed E-state index contributed by atoms with van der Waals surface area (Å²) in [5.74, 6) is -1.56. The fraction of sp³-hybridized carbons (Fsp3) is 0.235. The standard InChI is InChI=1S/C17H16FN3O2/c18-11-4-5-13-14(10-16(22)21-15(13)9-11)17(23)20-8-6-12-3-1-2-7-19-12/h1-5,7,9,14H,6,8,10H2,(H,20,23)(H,21,22)/t14-/m0/s1. The van der Waals surface area contributed by atoms with Gasteiger partial charge in [-0.2, -0.15) is 0 Å². The van der Waals surface area contributed by atoms with Gasteiger partial charge in [0.15, 0.2) is 0 Å². The maximum absolute atomic E-state index is 13.3. The van der Waals surface area contributed by atoms with Gasteiger partial charge in [-0.05, 0) is 29.8 Å². The molecule has 23 heavy (non-hydrogen) atoms. The van der Waals surface area contributed by atoms with E-state index < -0.39 is 11.7 Å². The van der Waals surface area contributed by atoms with Gasteiger partial charge in [-0.3, -0.25) is 14.6 Å². The summed E-state index contributed by atoms with van der Waals surface area (Å²) in [4.78, 5) is 28.3. The fourth-order valence-corrected chi connectivity index (χ4v) is 2.65. The van der Waals surface area contributed by atoms with Crippen LogP contribution in [0.5, 0.6) is 0 Å². The third-order valence-electron chi connectivity index (χ3n) is 3.78. The first kappa shape index (κ1) is 15.1. The molecule has 1 atom stereocenters. The average Bonchev–Trinajstić information content (AvgIpc) is 2.54. The van der Waals surface area contributed by atoms with Gasteiger partial charge in [-0.15, -0.1) is 0 Å². The third-order valence-corrected chi connectivity index (χ3v) is 3.78. The number of hydrogen-bond donors (Lipinski definition) is 2. The highest BCUT2D eigenvalue weighted by molar-refractivity contribution is 6.01. The Morgan fingerprint density at radius 2 is 2.22 bits per heavy atom. The van der Waals surface area contributed by atoms with E-state index >= 15 is 0 Å². The molecule has 6 heteroatoms. The van der Waals surface area contributed by atoms with Gasteiger partial charge in [0.1, 0.15) is 5.82 Å². The number of amides is 2. The van der Waals surface area contributed by atoms with Crippen LogP contribution in [-0.4, -0.2) is 23.3 Å². The van der Waals surface area contributed by atoms with Crippen molar-refractivity contribution in [3.63, 3.8) is 0 Å². The SMILES string of the molecule is O=C1C[C@H](C(=O)NCCc2ccccn2)c2ccc(F)cc2N1. The minimum Gasteiger partial charge on any atom is -0.355 e. The number of fused-ring (bicyclic) bond motifs is 1. The molecular weight excluding hydrogens is 297 g/mol. The first-order chi connectivity index (χ1) is 11.1. The van der Waals surface area contributed by atoms with Crippen molar-refractivity contribution in [1.29, 1.82) is 0 Å². The summed E-state index contributed by atoms with van der Waals surface area (Å²) >= 11 is 0. The van der Waals surface area contributed by atoms with E-state index in [1.165, 1.54) is 12.1 Å². The van der Waals surface area contributed by atoms with Crippen molar-refractivity contribution in [3.05, 3.63) is 59.7 Å². The fourth-order valence-electron chi connectivity index (χ4n) is 2.65. The van der Waals surface area contributed by atoms with Gasteiger partial charge in [0.05, 0.1) is 5.92 Å². The number of anilines is 1. The van der Waals surface area contributed by atoms with Gasteiger partial charge in [0.25, 0.3) is 0 Å². The van der Waals surface area contributed by atoms with Crippen LogP contribution in [0.3, 0.4) is 0 Å². The monoisotopic (exact) mass is 313 g/mol. The largest absolute Gasteiger partial charge is 0.355 e. The Kier molecular flexibility index (Phi) is 4.32. The van der Waals surface area contributed by atoms with Crippen molar-refractivity contribution >= 4 is 17.5 Å². The summed E-state index contributed by atoms with van der Waals surface area (Å²) in [6.07, 6.45) is 2.38. The molecule has 1 aliphatic heterocycles. The van der Waals surface area contributed by atoms with Crippen LogP contribution < -0.4 is 10.6 Å². The Morgan fingerprint density at radius 3 is 3.00 bits per heavy atom. The predicted octanol–water partition coefficient (Wildman–Crippen LogP) is 2.01. The highest BCUT2D eigenvalue weighted by Crippen LogP contribution is 2.32. The number of carbonyl (C=O) groups excluding carboxylic acids is 2. The molecule has 2 N–H and O–H groups in total. The van der Waals surface area contributed by atoms with Crippen LogP contribution in [0.4, 0.5) is 10.1 Å². The normalized spacial score (nSPS) is 16.4. The summed E-state index contributed by atoms with van der Waals surface area (Å²) in [5, 5.41) is 5.42. The van der Waals surface area contributed by atoms with Crippen LogP contribution in [0.15, 0.2) is 42.6 Å².